The van der Waals surface area contributed by atoms with Gasteiger partial charge in [-0.25, -0.2) is 0 Å². The SMILES string of the molecule is c1ccc(-n2c3ccccc3c3ccc(-c4cccc(-n5c6ccccc6c6cc7c(cc65)c5ccccc5n7-c5ccccc5)c4)cc32)cc1. The number of para-hydroxylation sites is 5. The van der Waals surface area contributed by atoms with Gasteiger partial charge in [-0.05, 0) is 83.9 Å². The monoisotopic (exact) mass is 649 g/mol. The smallest absolute Gasteiger partial charge is 0.0548 e. The van der Waals surface area contributed by atoms with Crippen LogP contribution in [0.15, 0.2) is 188 Å². The summed E-state index contributed by atoms with van der Waals surface area (Å²) < 4.78 is 7.24. The third kappa shape index (κ3) is 4.12. The molecule has 51 heavy (non-hydrogen) atoms. The minimum atomic E-state index is 1.15. The summed E-state index contributed by atoms with van der Waals surface area (Å²) >= 11 is 0. The van der Waals surface area contributed by atoms with Crippen LogP contribution < -0.4 is 0 Å². The third-order valence-corrected chi connectivity index (χ3v) is 10.6. The molecule has 0 fully saturated rings. The second kappa shape index (κ2) is 10.8. The summed E-state index contributed by atoms with van der Waals surface area (Å²) in [5, 5.41) is 7.53. The van der Waals surface area contributed by atoms with Crippen LogP contribution in [0.4, 0.5) is 0 Å². The Hall–Kier alpha value is -6.84. The number of hydrogen-bond acceptors (Lipinski definition) is 0. The van der Waals surface area contributed by atoms with Gasteiger partial charge in [0.1, 0.15) is 0 Å². The van der Waals surface area contributed by atoms with Crippen molar-refractivity contribution in [1.82, 2.24) is 13.7 Å². The zero-order valence-corrected chi connectivity index (χ0v) is 27.7. The Bertz CT molecular complexity index is 3120. The van der Waals surface area contributed by atoms with E-state index in [0.29, 0.717) is 0 Å². The highest BCUT2D eigenvalue weighted by Crippen LogP contribution is 2.40. The minimum absolute atomic E-state index is 1.15. The van der Waals surface area contributed by atoms with Crippen LogP contribution in [0, 0.1) is 0 Å². The molecule has 3 heteroatoms. The van der Waals surface area contributed by atoms with E-state index in [2.05, 4.69) is 202 Å². The van der Waals surface area contributed by atoms with Crippen molar-refractivity contribution in [3.63, 3.8) is 0 Å². The molecule has 11 rings (SSSR count). The highest BCUT2D eigenvalue weighted by molar-refractivity contribution is 6.19. The van der Waals surface area contributed by atoms with E-state index in [1.54, 1.807) is 0 Å². The number of hydrogen-bond donors (Lipinski definition) is 0. The van der Waals surface area contributed by atoms with Gasteiger partial charge in [-0.1, -0.05) is 115 Å². The molecule has 0 saturated heterocycles. The molecule has 0 aliphatic heterocycles. The van der Waals surface area contributed by atoms with Gasteiger partial charge in [0.25, 0.3) is 0 Å². The molecule has 3 heterocycles. The van der Waals surface area contributed by atoms with E-state index in [-0.39, 0.29) is 0 Å². The number of aromatic nitrogens is 3. The number of nitrogens with zero attached hydrogens (tertiary/aromatic N) is 3. The zero-order valence-electron chi connectivity index (χ0n) is 27.7. The molecule has 0 atom stereocenters. The van der Waals surface area contributed by atoms with Crippen LogP contribution >= 0.6 is 0 Å². The molecule has 3 aromatic heterocycles. The first-order valence-electron chi connectivity index (χ1n) is 17.5. The third-order valence-electron chi connectivity index (χ3n) is 10.6. The summed E-state index contributed by atoms with van der Waals surface area (Å²) in [6.45, 7) is 0. The molecule has 0 saturated carbocycles. The van der Waals surface area contributed by atoms with Crippen molar-refractivity contribution in [3.05, 3.63) is 188 Å². The van der Waals surface area contributed by atoms with E-state index in [9.17, 15) is 0 Å². The summed E-state index contributed by atoms with van der Waals surface area (Å²) in [5.41, 5.74) is 13.1. The van der Waals surface area contributed by atoms with Gasteiger partial charge in [0.2, 0.25) is 0 Å². The quantitative estimate of drug-likeness (QED) is 0.180. The van der Waals surface area contributed by atoms with Crippen LogP contribution in [0.5, 0.6) is 0 Å². The highest BCUT2D eigenvalue weighted by Gasteiger charge is 2.19. The van der Waals surface area contributed by atoms with Gasteiger partial charge in [0.15, 0.2) is 0 Å². The molecule has 0 N–H and O–H groups in total. The lowest BCUT2D eigenvalue weighted by atomic mass is 10.0. The van der Waals surface area contributed by atoms with Gasteiger partial charge in [-0.2, -0.15) is 0 Å². The van der Waals surface area contributed by atoms with E-state index < -0.39 is 0 Å². The maximum absolute atomic E-state index is 2.45. The predicted octanol–water partition coefficient (Wildman–Crippen LogP) is 12.6. The molecule has 0 radical (unpaired) electrons. The normalized spacial score (nSPS) is 11.9. The molecule has 11 aromatic rings. The second-order valence-electron chi connectivity index (χ2n) is 13.4. The molecule has 0 amide bonds. The van der Waals surface area contributed by atoms with Gasteiger partial charge in [-0.15, -0.1) is 0 Å². The lowest BCUT2D eigenvalue weighted by molar-refractivity contribution is 1.17. The Kier molecular flexibility index (Phi) is 5.96. The molecule has 8 aromatic carbocycles. The summed E-state index contributed by atoms with van der Waals surface area (Å²) in [7, 11) is 0. The standard InChI is InChI=1S/C48H31N3/c1-3-15-34(16-4-1)49-43-23-10-7-20-37(43)40-27-26-33(29-46(40)49)32-14-13-19-36(28-32)51-45-25-12-9-22-39(45)42-30-47-41(31-48(42)51)38-21-8-11-24-44(38)50(47)35-17-5-2-6-18-35/h1-31H. The van der Waals surface area contributed by atoms with Crippen molar-refractivity contribution in [2.45, 2.75) is 0 Å². The van der Waals surface area contributed by atoms with Crippen LogP contribution in [-0.4, -0.2) is 13.7 Å². The largest absolute Gasteiger partial charge is 0.309 e. The Balaban J connectivity index is 1.15. The summed E-state index contributed by atoms with van der Waals surface area (Å²) in [6.07, 6.45) is 0. The van der Waals surface area contributed by atoms with Gasteiger partial charge in [0, 0.05) is 49.4 Å². The lowest BCUT2D eigenvalue weighted by Crippen LogP contribution is -1.95. The van der Waals surface area contributed by atoms with Gasteiger partial charge in [-0.3, -0.25) is 0 Å². The summed E-state index contributed by atoms with van der Waals surface area (Å²) in [5.74, 6) is 0. The average molecular weight is 650 g/mol. The molecule has 0 aliphatic carbocycles. The second-order valence-corrected chi connectivity index (χ2v) is 13.4. The topological polar surface area (TPSA) is 14.8 Å². The van der Waals surface area contributed by atoms with E-state index in [1.807, 2.05) is 0 Å². The lowest BCUT2D eigenvalue weighted by Gasteiger charge is -2.12. The zero-order chi connectivity index (χ0) is 33.5. The van der Waals surface area contributed by atoms with Crippen molar-refractivity contribution < 1.29 is 0 Å². The van der Waals surface area contributed by atoms with Crippen LogP contribution in [0.1, 0.15) is 0 Å². The van der Waals surface area contributed by atoms with Crippen molar-refractivity contribution in [2.24, 2.45) is 0 Å². The van der Waals surface area contributed by atoms with Crippen molar-refractivity contribution >= 4 is 65.4 Å². The van der Waals surface area contributed by atoms with Gasteiger partial charge in [0.05, 0.1) is 33.1 Å². The van der Waals surface area contributed by atoms with Crippen molar-refractivity contribution in [1.29, 1.82) is 0 Å². The fraction of sp³-hybridized carbons (Fsp3) is 0. The predicted molar refractivity (Wildman–Crippen MR) is 215 cm³/mol. The van der Waals surface area contributed by atoms with Gasteiger partial charge < -0.3 is 13.7 Å². The van der Waals surface area contributed by atoms with Crippen molar-refractivity contribution in [3.8, 4) is 28.2 Å². The maximum Gasteiger partial charge on any atom is 0.0548 e. The number of fused-ring (bicyclic) bond motifs is 9. The summed E-state index contributed by atoms with van der Waals surface area (Å²) in [6, 6.07) is 68.4. The maximum atomic E-state index is 2.45. The van der Waals surface area contributed by atoms with Crippen LogP contribution in [-0.2, 0) is 0 Å². The number of benzene rings is 8. The van der Waals surface area contributed by atoms with E-state index in [0.717, 1.165) is 5.69 Å². The Morgan fingerprint density at radius 3 is 1.16 bits per heavy atom. The Morgan fingerprint density at radius 1 is 0.216 bits per heavy atom. The average Bonchev–Trinajstić information content (AvgIpc) is 3.83. The fourth-order valence-electron chi connectivity index (χ4n) is 8.39. The molecular weight excluding hydrogens is 619 g/mol. The molecule has 0 spiro atoms. The van der Waals surface area contributed by atoms with E-state index in [1.165, 1.54) is 87.9 Å². The Labute approximate surface area is 294 Å². The Morgan fingerprint density at radius 2 is 0.608 bits per heavy atom. The summed E-state index contributed by atoms with van der Waals surface area (Å²) in [4.78, 5) is 0. The first kappa shape index (κ1) is 28.0. The van der Waals surface area contributed by atoms with Crippen LogP contribution in [0.25, 0.3) is 93.6 Å². The highest BCUT2D eigenvalue weighted by atomic mass is 15.0. The van der Waals surface area contributed by atoms with E-state index >= 15 is 0 Å². The van der Waals surface area contributed by atoms with Crippen LogP contribution in [0.2, 0.25) is 0 Å². The molecule has 238 valence electrons. The first-order chi connectivity index (χ1) is 25.3. The molecule has 0 bridgehead atoms. The molecule has 3 nitrogen and oxygen atoms in total. The van der Waals surface area contributed by atoms with Crippen molar-refractivity contribution in [2.75, 3.05) is 0 Å². The van der Waals surface area contributed by atoms with Gasteiger partial charge >= 0.3 is 0 Å². The molecule has 0 unspecified atom stereocenters. The minimum Gasteiger partial charge on any atom is -0.309 e. The molecule has 0 aliphatic rings. The number of rotatable bonds is 4. The van der Waals surface area contributed by atoms with Crippen LogP contribution in [0.3, 0.4) is 0 Å². The van der Waals surface area contributed by atoms with E-state index in [4.69, 9.17) is 0 Å². The molecular formula is C48H31N3. The first-order valence-corrected chi connectivity index (χ1v) is 17.5. The fourth-order valence-corrected chi connectivity index (χ4v) is 8.39.